The van der Waals surface area contributed by atoms with Gasteiger partial charge in [0.2, 0.25) is 0 Å². The molecule has 4 N–H and O–H groups in total. The van der Waals surface area contributed by atoms with E-state index >= 15 is 0 Å². The van der Waals surface area contributed by atoms with Crippen molar-refractivity contribution < 1.29 is 9.18 Å². The van der Waals surface area contributed by atoms with E-state index in [1.54, 1.807) is 17.5 Å². The first-order chi connectivity index (χ1) is 10.1. The van der Waals surface area contributed by atoms with Crippen LogP contribution in [0.3, 0.4) is 0 Å². The number of thiazole rings is 1. The van der Waals surface area contributed by atoms with Gasteiger partial charge in [-0.15, -0.1) is 11.3 Å². The number of hydrogen-bond acceptors (Lipinski definition) is 5. The number of nitrogens with two attached hydrogens (primary N) is 1. The fraction of sp³-hybridized carbons (Fsp3) is 0.0769. The van der Waals surface area contributed by atoms with E-state index in [1.165, 1.54) is 6.07 Å². The second kappa shape index (κ2) is 5.30. The number of carbonyl (C=O) groups excluding carboxylic acids is 1. The van der Waals surface area contributed by atoms with Crippen LogP contribution in [-0.4, -0.2) is 10.9 Å². The van der Waals surface area contributed by atoms with E-state index in [1.807, 2.05) is 0 Å². The lowest BCUT2D eigenvalue weighted by atomic mass is 10.2. The van der Waals surface area contributed by atoms with Crippen molar-refractivity contribution in [3.63, 3.8) is 0 Å². The summed E-state index contributed by atoms with van der Waals surface area (Å²) in [7, 11) is 0. The number of anilines is 1. The molecule has 0 atom stereocenters. The normalized spacial score (nSPS) is 10.9. The van der Waals surface area contributed by atoms with Gasteiger partial charge in [-0.3, -0.25) is 9.59 Å². The first-order valence-electron chi connectivity index (χ1n) is 5.97. The number of halogens is 1. The summed E-state index contributed by atoms with van der Waals surface area (Å²) in [6, 6.07) is 4.60. The average molecular weight is 323 g/mol. The first-order valence-corrected chi connectivity index (χ1v) is 7.67. The Kier molecular flexibility index (Phi) is 3.48. The number of carbonyl (C=O) groups is 1. The van der Waals surface area contributed by atoms with Gasteiger partial charge in [0.25, 0.3) is 5.91 Å². The summed E-state index contributed by atoms with van der Waals surface area (Å²) in [4.78, 5) is 25.8. The maximum Gasteiger partial charge on any atom is 0.304 e. The summed E-state index contributed by atoms with van der Waals surface area (Å²) in [6.45, 7) is 0.188. The maximum absolute atomic E-state index is 13.7. The number of benzene rings is 1. The minimum atomic E-state index is -0.442. The predicted molar refractivity (Wildman–Crippen MR) is 82.3 cm³/mol. The molecule has 2 aromatic heterocycles. The quantitative estimate of drug-likeness (QED) is 0.691. The summed E-state index contributed by atoms with van der Waals surface area (Å²) < 4.78 is 14.4. The second-order valence-electron chi connectivity index (χ2n) is 4.31. The summed E-state index contributed by atoms with van der Waals surface area (Å²) in [5.41, 5.74) is 6.63. The van der Waals surface area contributed by atoms with Gasteiger partial charge in [-0.05, 0) is 12.1 Å². The van der Waals surface area contributed by atoms with Gasteiger partial charge in [0, 0.05) is 15.8 Å². The monoisotopic (exact) mass is 323 g/mol. The Morgan fingerprint density at radius 2 is 2.24 bits per heavy atom. The largest absolute Gasteiger partial charge is 0.397 e. The summed E-state index contributed by atoms with van der Waals surface area (Å²) >= 11 is 2.17. The van der Waals surface area contributed by atoms with Crippen LogP contribution < -0.4 is 15.9 Å². The highest BCUT2D eigenvalue weighted by molar-refractivity contribution is 7.21. The molecule has 3 aromatic rings. The third kappa shape index (κ3) is 2.55. The van der Waals surface area contributed by atoms with E-state index < -0.39 is 5.82 Å². The van der Waals surface area contributed by atoms with Gasteiger partial charge in [-0.1, -0.05) is 17.4 Å². The molecular weight excluding hydrogens is 313 g/mol. The third-order valence-corrected chi connectivity index (χ3v) is 4.81. The standard InChI is InChI=1S/C13H10FN3O2S2/c14-7-2-1-3-8-9(7)10(15)11(21-8)12(18)16-4-6-5-20-13(19)17-6/h1-3,5H,4,15H2,(H,16,18)(H,17,19). The maximum atomic E-state index is 13.7. The van der Waals surface area contributed by atoms with E-state index in [0.29, 0.717) is 10.4 Å². The molecule has 0 fully saturated rings. The molecule has 8 heteroatoms. The summed E-state index contributed by atoms with van der Waals surface area (Å²) in [5.74, 6) is -0.831. The van der Waals surface area contributed by atoms with Crippen molar-refractivity contribution >= 4 is 44.4 Å². The van der Waals surface area contributed by atoms with Crippen molar-refractivity contribution in [3.05, 3.63) is 49.6 Å². The van der Waals surface area contributed by atoms with Gasteiger partial charge < -0.3 is 16.0 Å². The lowest BCUT2D eigenvalue weighted by Gasteiger charge is -2.02. The molecule has 108 valence electrons. The Balaban J connectivity index is 1.86. The molecule has 2 heterocycles. The van der Waals surface area contributed by atoms with Crippen LogP contribution >= 0.6 is 22.7 Å². The molecule has 1 amide bonds. The molecule has 0 aliphatic heterocycles. The zero-order valence-electron chi connectivity index (χ0n) is 10.6. The van der Waals surface area contributed by atoms with Crippen molar-refractivity contribution in [1.29, 1.82) is 0 Å². The van der Waals surface area contributed by atoms with Crippen LogP contribution in [0, 0.1) is 5.82 Å². The molecule has 5 nitrogen and oxygen atoms in total. The predicted octanol–water partition coefficient (Wildman–Crippen LogP) is 2.30. The van der Waals surface area contributed by atoms with Crippen LogP contribution in [0.25, 0.3) is 10.1 Å². The van der Waals surface area contributed by atoms with E-state index in [9.17, 15) is 14.0 Å². The fourth-order valence-corrected chi connectivity index (χ4v) is 3.59. The number of aromatic nitrogens is 1. The molecule has 0 aliphatic rings. The van der Waals surface area contributed by atoms with Gasteiger partial charge >= 0.3 is 4.87 Å². The van der Waals surface area contributed by atoms with Gasteiger partial charge in [0.15, 0.2) is 0 Å². The van der Waals surface area contributed by atoms with Crippen molar-refractivity contribution in [2.45, 2.75) is 6.54 Å². The third-order valence-electron chi connectivity index (χ3n) is 2.92. The van der Waals surface area contributed by atoms with Gasteiger partial charge in [-0.25, -0.2) is 4.39 Å². The van der Waals surface area contributed by atoms with E-state index in [4.69, 9.17) is 5.73 Å². The zero-order valence-corrected chi connectivity index (χ0v) is 12.2. The lowest BCUT2D eigenvalue weighted by Crippen LogP contribution is -2.23. The van der Waals surface area contributed by atoms with Crippen LogP contribution in [0.15, 0.2) is 28.4 Å². The number of thiophene rings is 1. The number of amides is 1. The molecule has 0 unspecified atom stereocenters. The average Bonchev–Trinajstić information content (AvgIpc) is 3.01. The highest BCUT2D eigenvalue weighted by Crippen LogP contribution is 2.35. The van der Waals surface area contributed by atoms with Crippen molar-refractivity contribution in [2.75, 3.05) is 5.73 Å². The minimum Gasteiger partial charge on any atom is -0.397 e. The Labute approximate surface area is 126 Å². The van der Waals surface area contributed by atoms with Crippen LogP contribution in [0.1, 0.15) is 15.4 Å². The lowest BCUT2D eigenvalue weighted by molar-refractivity contribution is 0.0955. The number of aromatic amines is 1. The number of H-pyrrole nitrogens is 1. The first kappa shape index (κ1) is 13.8. The molecule has 0 aliphatic carbocycles. The van der Waals surface area contributed by atoms with Crippen LogP contribution in [0.4, 0.5) is 10.1 Å². The SMILES string of the molecule is Nc1c(C(=O)NCc2csc(=O)[nH]2)sc2cccc(F)c12. The number of nitrogen functional groups attached to an aromatic ring is 1. The van der Waals surface area contributed by atoms with Crippen LogP contribution in [-0.2, 0) is 6.54 Å². The summed E-state index contributed by atoms with van der Waals surface area (Å²) in [5, 5.41) is 4.57. The van der Waals surface area contributed by atoms with E-state index in [0.717, 1.165) is 22.7 Å². The second-order valence-corrected chi connectivity index (χ2v) is 6.21. The topological polar surface area (TPSA) is 88.0 Å². The Morgan fingerprint density at radius 1 is 1.43 bits per heavy atom. The number of nitrogens with one attached hydrogen (secondary N) is 2. The minimum absolute atomic E-state index is 0.143. The molecule has 21 heavy (non-hydrogen) atoms. The molecule has 1 aromatic carbocycles. The van der Waals surface area contributed by atoms with Crippen LogP contribution in [0.2, 0.25) is 0 Å². The van der Waals surface area contributed by atoms with Crippen LogP contribution in [0.5, 0.6) is 0 Å². The summed E-state index contributed by atoms with van der Waals surface area (Å²) in [6.07, 6.45) is 0. The van der Waals surface area contributed by atoms with E-state index in [-0.39, 0.29) is 33.3 Å². The van der Waals surface area contributed by atoms with Gasteiger partial charge in [0.1, 0.15) is 10.7 Å². The van der Waals surface area contributed by atoms with Crippen molar-refractivity contribution in [1.82, 2.24) is 10.3 Å². The van der Waals surface area contributed by atoms with Crippen molar-refractivity contribution in [2.24, 2.45) is 0 Å². The highest BCUT2D eigenvalue weighted by atomic mass is 32.1. The highest BCUT2D eigenvalue weighted by Gasteiger charge is 2.18. The Hall–Kier alpha value is -2.19. The number of rotatable bonds is 3. The molecule has 0 spiro atoms. The number of hydrogen-bond donors (Lipinski definition) is 3. The molecule has 3 rings (SSSR count). The van der Waals surface area contributed by atoms with Crippen molar-refractivity contribution in [3.8, 4) is 0 Å². The molecule has 0 radical (unpaired) electrons. The zero-order chi connectivity index (χ0) is 15.0. The molecule has 0 saturated heterocycles. The van der Waals surface area contributed by atoms with Gasteiger partial charge in [0.05, 0.1) is 17.6 Å². The van der Waals surface area contributed by atoms with E-state index in [2.05, 4.69) is 10.3 Å². The van der Waals surface area contributed by atoms with Gasteiger partial charge in [-0.2, -0.15) is 0 Å². The number of fused-ring (bicyclic) bond motifs is 1. The fourth-order valence-electron chi connectivity index (χ4n) is 1.95. The molecular formula is C13H10FN3O2S2. The molecule has 0 saturated carbocycles. The Bertz CT molecular complexity index is 881. The smallest absolute Gasteiger partial charge is 0.304 e. The Morgan fingerprint density at radius 3 is 2.90 bits per heavy atom. The molecule has 0 bridgehead atoms.